The largest absolute Gasteiger partial charge is 0.480 e. The van der Waals surface area contributed by atoms with Gasteiger partial charge in [0.15, 0.2) is 0 Å². The van der Waals surface area contributed by atoms with Crippen LogP contribution in [0.2, 0.25) is 0 Å². The molecule has 0 saturated heterocycles. The first-order chi connectivity index (χ1) is 7.45. The molecule has 3 N–H and O–H groups in total. The molecule has 0 spiro atoms. The molecule has 1 heterocycles. The average Bonchev–Trinajstić information content (AvgIpc) is 2.63. The van der Waals surface area contributed by atoms with Gasteiger partial charge in [-0.1, -0.05) is 13.8 Å². The smallest absolute Gasteiger partial charge is 0.328 e. The van der Waals surface area contributed by atoms with Crippen molar-refractivity contribution in [3.05, 3.63) is 23.2 Å². The van der Waals surface area contributed by atoms with Crippen molar-refractivity contribution in [3.8, 4) is 0 Å². The molecule has 0 aromatic carbocycles. The highest BCUT2D eigenvalue weighted by Gasteiger charge is 2.42. The zero-order chi connectivity index (χ0) is 11.9. The van der Waals surface area contributed by atoms with Gasteiger partial charge in [-0.05, 0) is 18.9 Å². The van der Waals surface area contributed by atoms with Gasteiger partial charge in [0.2, 0.25) is 0 Å². The summed E-state index contributed by atoms with van der Waals surface area (Å²) in [5, 5.41) is 9.23. The summed E-state index contributed by atoms with van der Waals surface area (Å²) in [6.07, 6.45) is 2.03. The van der Waals surface area contributed by atoms with Crippen LogP contribution in [0.5, 0.6) is 0 Å². The van der Waals surface area contributed by atoms with Crippen LogP contribution in [0.15, 0.2) is 10.5 Å². The van der Waals surface area contributed by atoms with E-state index in [0.29, 0.717) is 12.0 Å². The summed E-state index contributed by atoms with van der Waals surface area (Å²) in [7, 11) is 0. The molecular formula is C12H17NO3. The fourth-order valence-corrected chi connectivity index (χ4v) is 2.18. The van der Waals surface area contributed by atoms with Crippen molar-refractivity contribution in [1.29, 1.82) is 0 Å². The van der Waals surface area contributed by atoms with E-state index in [0.717, 1.165) is 24.4 Å². The van der Waals surface area contributed by atoms with Crippen LogP contribution in [0.3, 0.4) is 0 Å². The zero-order valence-electron chi connectivity index (χ0n) is 9.62. The minimum Gasteiger partial charge on any atom is -0.480 e. The number of hydrogen-bond donors (Lipinski definition) is 2. The summed E-state index contributed by atoms with van der Waals surface area (Å²) in [5.74, 6) is 0.857. The van der Waals surface area contributed by atoms with Crippen molar-refractivity contribution in [2.45, 2.75) is 44.6 Å². The maximum absolute atomic E-state index is 11.3. The monoisotopic (exact) mass is 223 g/mol. The summed E-state index contributed by atoms with van der Waals surface area (Å²) in [5.41, 5.74) is 5.37. The number of rotatable bonds is 2. The van der Waals surface area contributed by atoms with E-state index in [1.54, 1.807) is 0 Å². The molecule has 0 aliphatic heterocycles. The minimum atomic E-state index is -1.26. The van der Waals surface area contributed by atoms with Gasteiger partial charge in [0.25, 0.3) is 0 Å². The first-order valence-electron chi connectivity index (χ1n) is 5.60. The third kappa shape index (κ3) is 1.53. The van der Waals surface area contributed by atoms with E-state index >= 15 is 0 Å². The molecule has 0 fully saturated rings. The molecule has 1 aromatic rings. The Kier molecular flexibility index (Phi) is 2.54. The average molecular weight is 223 g/mol. The Morgan fingerprint density at radius 1 is 1.62 bits per heavy atom. The molecule has 16 heavy (non-hydrogen) atoms. The third-order valence-electron chi connectivity index (χ3n) is 3.23. The summed E-state index contributed by atoms with van der Waals surface area (Å²) in [6, 6.07) is 1.81. The number of aryl methyl sites for hydroxylation is 1. The molecule has 0 saturated carbocycles. The van der Waals surface area contributed by atoms with E-state index in [2.05, 4.69) is 0 Å². The summed E-state index contributed by atoms with van der Waals surface area (Å²) in [4.78, 5) is 11.3. The Balaban J connectivity index is 2.50. The van der Waals surface area contributed by atoms with Gasteiger partial charge in [-0.25, -0.2) is 4.79 Å². The van der Waals surface area contributed by atoms with Gasteiger partial charge >= 0.3 is 5.97 Å². The topological polar surface area (TPSA) is 76.5 Å². The van der Waals surface area contributed by atoms with Crippen LogP contribution < -0.4 is 5.73 Å². The fraction of sp³-hybridized carbons (Fsp3) is 0.583. The number of nitrogens with two attached hydrogens (primary N) is 1. The predicted octanol–water partition coefficient (Wildman–Crippen LogP) is 1.98. The lowest BCUT2D eigenvalue weighted by Gasteiger charge is -2.28. The molecule has 88 valence electrons. The Hall–Kier alpha value is -1.29. The van der Waals surface area contributed by atoms with Gasteiger partial charge in [0, 0.05) is 17.9 Å². The quantitative estimate of drug-likeness (QED) is 0.803. The predicted molar refractivity (Wildman–Crippen MR) is 59.2 cm³/mol. The molecule has 1 unspecified atom stereocenters. The van der Waals surface area contributed by atoms with Gasteiger partial charge in [-0.3, -0.25) is 0 Å². The Morgan fingerprint density at radius 3 is 2.88 bits per heavy atom. The summed E-state index contributed by atoms with van der Waals surface area (Å²) in [6.45, 7) is 4.03. The van der Waals surface area contributed by atoms with Crippen LogP contribution in [0.1, 0.15) is 49.7 Å². The minimum absolute atomic E-state index is 0.253. The molecular weight excluding hydrogens is 206 g/mol. The van der Waals surface area contributed by atoms with E-state index in [4.69, 9.17) is 10.2 Å². The fourth-order valence-electron chi connectivity index (χ4n) is 2.18. The Labute approximate surface area is 94.4 Å². The number of hydrogen-bond acceptors (Lipinski definition) is 3. The Bertz CT molecular complexity index is 422. The molecule has 0 radical (unpaired) electrons. The van der Waals surface area contributed by atoms with Crippen molar-refractivity contribution in [1.82, 2.24) is 0 Å². The SMILES string of the molecule is CC(C)c1cc2c(o1)CCCC2(N)C(=O)O. The maximum atomic E-state index is 11.3. The summed E-state index contributed by atoms with van der Waals surface area (Å²) < 4.78 is 5.67. The van der Waals surface area contributed by atoms with Crippen molar-refractivity contribution in [2.75, 3.05) is 0 Å². The molecule has 1 aliphatic rings. The van der Waals surface area contributed by atoms with Gasteiger partial charge in [0.05, 0.1) is 0 Å². The highest BCUT2D eigenvalue weighted by Crippen LogP contribution is 2.37. The van der Waals surface area contributed by atoms with Crippen molar-refractivity contribution in [2.24, 2.45) is 5.73 Å². The maximum Gasteiger partial charge on any atom is 0.328 e. The molecule has 1 atom stereocenters. The lowest BCUT2D eigenvalue weighted by Crippen LogP contribution is -2.46. The van der Waals surface area contributed by atoms with E-state index in [9.17, 15) is 9.90 Å². The molecule has 4 heteroatoms. The van der Waals surface area contributed by atoms with Crippen LogP contribution in [0.4, 0.5) is 0 Å². The van der Waals surface area contributed by atoms with Crippen LogP contribution in [-0.4, -0.2) is 11.1 Å². The molecule has 0 bridgehead atoms. The second-order valence-corrected chi connectivity index (χ2v) is 4.77. The van der Waals surface area contributed by atoms with Gasteiger partial charge in [0.1, 0.15) is 17.1 Å². The first-order valence-corrected chi connectivity index (χ1v) is 5.60. The van der Waals surface area contributed by atoms with Gasteiger partial charge < -0.3 is 15.3 Å². The van der Waals surface area contributed by atoms with Crippen LogP contribution >= 0.6 is 0 Å². The number of fused-ring (bicyclic) bond motifs is 1. The lowest BCUT2D eigenvalue weighted by molar-refractivity contribution is -0.144. The number of carbonyl (C=O) groups is 1. The molecule has 1 aliphatic carbocycles. The number of carboxylic acid groups (broad SMARTS) is 1. The standard InChI is InChI=1S/C12H17NO3/c1-7(2)10-6-8-9(16-10)4-3-5-12(8,13)11(14)15/h6-7H,3-5,13H2,1-2H3,(H,14,15). The highest BCUT2D eigenvalue weighted by molar-refractivity contribution is 5.81. The normalized spacial score (nSPS) is 24.5. The van der Waals surface area contributed by atoms with Gasteiger partial charge in [-0.2, -0.15) is 0 Å². The van der Waals surface area contributed by atoms with E-state index in [-0.39, 0.29) is 5.92 Å². The second-order valence-electron chi connectivity index (χ2n) is 4.77. The van der Waals surface area contributed by atoms with Gasteiger partial charge in [-0.15, -0.1) is 0 Å². The third-order valence-corrected chi connectivity index (χ3v) is 3.23. The van der Waals surface area contributed by atoms with Crippen LogP contribution in [0.25, 0.3) is 0 Å². The van der Waals surface area contributed by atoms with E-state index < -0.39 is 11.5 Å². The van der Waals surface area contributed by atoms with Crippen LogP contribution in [0, 0.1) is 0 Å². The number of aliphatic carboxylic acids is 1. The van der Waals surface area contributed by atoms with Crippen molar-refractivity contribution in [3.63, 3.8) is 0 Å². The Morgan fingerprint density at radius 2 is 2.31 bits per heavy atom. The van der Waals surface area contributed by atoms with Crippen LogP contribution in [-0.2, 0) is 16.8 Å². The number of carboxylic acids is 1. The summed E-state index contributed by atoms with van der Waals surface area (Å²) >= 11 is 0. The number of furan rings is 1. The van der Waals surface area contributed by atoms with E-state index in [1.165, 1.54) is 0 Å². The lowest BCUT2D eigenvalue weighted by atomic mass is 9.80. The first kappa shape index (κ1) is 11.2. The van der Waals surface area contributed by atoms with E-state index in [1.807, 2.05) is 19.9 Å². The van der Waals surface area contributed by atoms with Crippen molar-refractivity contribution < 1.29 is 14.3 Å². The highest BCUT2D eigenvalue weighted by atomic mass is 16.4. The zero-order valence-corrected chi connectivity index (χ0v) is 9.62. The molecule has 4 nitrogen and oxygen atoms in total. The van der Waals surface area contributed by atoms with Crippen molar-refractivity contribution >= 4 is 5.97 Å². The molecule has 2 rings (SSSR count). The molecule has 0 amide bonds. The molecule has 1 aromatic heterocycles. The second kappa shape index (κ2) is 3.63.